The second-order valence-electron chi connectivity index (χ2n) is 7.42. The molecule has 4 rings (SSSR count). The van der Waals surface area contributed by atoms with Gasteiger partial charge in [-0.3, -0.25) is 10.1 Å². The number of furan rings is 1. The minimum absolute atomic E-state index is 0.331. The summed E-state index contributed by atoms with van der Waals surface area (Å²) in [6.45, 7) is 1.49. The molecule has 0 fully saturated rings. The molecule has 32 heavy (non-hydrogen) atoms. The van der Waals surface area contributed by atoms with Gasteiger partial charge < -0.3 is 15.1 Å². The SMILES string of the molecule is CN=C(NCCc1nc(-c2ccco2)n[nH]1)NCCC(c1ccccc1)c1ccccc1. The summed E-state index contributed by atoms with van der Waals surface area (Å²) in [6, 6.07) is 24.9. The van der Waals surface area contributed by atoms with Crippen LogP contribution in [-0.2, 0) is 6.42 Å². The van der Waals surface area contributed by atoms with Crippen molar-refractivity contribution >= 4 is 5.96 Å². The third kappa shape index (κ3) is 5.63. The van der Waals surface area contributed by atoms with Crippen LogP contribution in [0.4, 0.5) is 0 Å². The molecular formula is C25H28N6O. The van der Waals surface area contributed by atoms with Crippen molar-refractivity contribution in [3.63, 3.8) is 0 Å². The molecule has 7 heteroatoms. The van der Waals surface area contributed by atoms with Crippen LogP contribution in [0.2, 0.25) is 0 Å². The van der Waals surface area contributed by atoms with Crippen molar-refractivity contribution in [1.29, 1.82) is 0 Å². The Morgan fingerprint density at radius 2 is 1.62 bits per heavy atom. The second kappa shape index (κ2) is 10.9. The lowest BCUT2D eigenvalue weighted by atomic mass is 9.88. The van der Waals surface area contributed by atoms with Gasteiger partial charge in [0.2, 0.25) is 5.82 Å². The van der Waals surface area contributed by atoms with E-state index < -0.39 is 0 Å². The van der Waals surface area contributed by atoms with Gasteiger partial charge >= 0.3 is 0 Å². The number of hydrogen-bond acceptors (Lipinski definition) is 4. The van der Waals surface area contributed by atoms with Crippen LogP contribution in [0.1, 0.15) is 29.3 Å². The average molecular weight is 429 g/mol. The molecule has 0 saturated carbocycles. The fraction of sp³-hybridized carbons (Fsp3) is 0.240. The van der Waals surface area contributed by atoms with E-state index >= 15 is 0 Å². The van der Waals surface area contributed by atoms with Gasteiger partial charge in [-0.2, -0.15) is 5.10 Å². The van der Waals surface area contributed by atoms with Gasteiger partial charge in [-0.05, 0) is 29.7 Å². The monoisotopic (exact) mass is 428 g/mol. The van der Waals surface area contributed by atoms with Crippen molar-refractivity contribution in [2.45, 2.75) is 18.8 Å². The molecule has 2 heterocycles. The first-order valence-electron chi connectivity index (χ1n) is 10.8. The molecule has 0 saturated heterocycles. The van der Waals surface area contributed by atoms with E-state index in [0.29, 0.717) is 30.5 Å². The highest BCUT2D eigenvalue weighted by molar-refractivity contribution is 5.79. The van der Waals surface area contributed by atoms with Crippen LogP contribution in [0.25, 0.3) is 11.6 Å². The maximum absolute atomic E-state index is 5.33. The van der Waals surface area contributed by atoms with Gasteiger partial charge in [0, 0.05) is 32.5 Å². The topological polar surface area (TPSA) is 91.1 Å². The Morgan fingerprint density at radius 3 is 2.25 bits per heavy atom. The standard InChI is InChI=1S/C25H28N6O/c1-26-25(28-17-15-23-29-24(31-30-23)22-13-8-18-32-22)27-16-14-21(19-9-4-2-5-10-19)20-11-6-3-7-12-20/h2-13,18,21H,14-17H2,1H3,(H2,26,27,28)(H,29,30,31). The van der Waals surface area contributed by atoms with Crippen LogP contribution >= 0.6 is 0 Å². The molecule has 0 unspecified atom stereocenters. The zero-order chi connectivity index (χ0) is 22.0. The van der Waals surface area contributed by atoms with E-state index in [0.717, 1.165) is 24.7 Å². The molecule has 4 aromatic rings. The van der Waals surface area contributed by atoms with Crippen molar-refractivity contribution in [3.05, 3.63) is 96.0 Å². The fourth-order valence-corrected chi connectivity index (χ4v) is 3.67. The van der Waals surface area contributed by atoms with Gasteiger partial charge in [0.25, 0.3) is 0 Å². The molecule has 0 aliphatic carbocycles. The molecule has 0 spiro atoms. The molecule has 0 amide bonds. The maximum atomic E-state index is 5.33. The highest BCUT2D eigenvalue weighted by Crippen LogP contribution is 2.27. The highest BCUT2D eigenvalue weighted by atomic mass is 16.3. The minimum atomic E-state index is 0.331. The molecule has 0 atom stereocenters. The lowest BCUT2D eigenvalue weighted by Crippen LogP contribution is -2.39. The van der Waals surface area contributed by atoms with Gasteiger partial charge in [0.05, 0.1) is 6.26 Å². The van der Waals surface area contributed by atoms with E-state index in [-0.39, 0.29) is 0 Å². The Kier molecular flexibility index (Phi) is 7.31. The van der Waals surface area contributed by atoms with Crippen molar-refractivity contribution in [3.8, 4) is 11.6 Å². The molecule has 164 valence electrons. The van der Waals surface area contributed by atoms with Crippen LogP contribution in [0.3, 0.4) is 0 Å². The average Bonchev–Trinajstić information content (AvgIpc) is 3.54. The summed E-state index contributed by atoms with van der Waals surface area (Å²) in [5.41, 5.74) is 2.64. The second-order valence-corrected chi connectivity index (χ2v) is 7.42. The number of aromatic nitrogens is 3. The van der Waals surface area contributed by atoms with E-state index in [1.165, 1.54) is 11.1 Å². The molecule has 7 nitrogen and oxygen atoms in total. The van der Waals surface area contributed by atoms with Gasteiger partial charge in [0.1, 0.15) is 5.82 Å². The van der Waals surface area contributed by atoms with E-state index in [1.54, 1.807) is 13.3 Å². The first-order valence-corrected chi connectivity index (χ1v) is 10.8. The number of H-pyrrole nitrogens is 1. The minimum Gasteiger partial charge on any atom is -0.461 e. The van der Waals surface area contributed by atoms with Crippen LogP contribution in [0, 0.1) is 0 Å². The Labute approximate surface area is 188 Å². The lowest BCUT2D eigenvalue weighted by Gasteiger charge is -2.19. The summed E-state index contributed by atoms with van der Waals surface area (Å²) < 4.78 is 5.33. The number of aliphatic imine (C=N–C) groups is 1. The Balaban J connectivity index is 1.27. The van der Waals surface area contributed by atoms with Crippen molar-refractivity contribution in [2.24, 2.45) is 4.99 Å². The summed E-state index contributed by atoms with van der Waals surface area (Å²) in [4.78, 5) is 8.81. The molecular weight excluding hydrogens is 400 g/mol. The summed E-state index contributed by atoms with van der Waals surface area (Å²) in [5.74, 6) is 3.13. The summed E-state index contributed by atoms with van der Waals surface area (Å²) in [6.07, 6.45) is 3.27. The summed E-state index contributed by atoms with van der Waals surface area (Å²) in [7, 11) is 1.78. The Morgan fingerprint density at radius 1 is 0.938 bits per heavy atom. The quantitative estimate of drug-likeness (QED) is 0.277. The fourth-order valence-electron chi connectivity index (χ4n) is 3.67. The molecule has 3 N–H and O–H groups in total. The first-order chi connectivity index (χ1) is 15.8. The maximum Gasteiger partial charge on any atom is 0.216 e. The van der Waals surface area contributed by atoms with E-state index in [1.807, 2.05) is 12.1 Å². The number of nitrogens with zero attached hydrogens (tertiary/aromatic N) is 3. The number of benzene rings is 2. The number of guanidine groups is 1. The molecule has 2 aromatic heterocycles. The van der Waals surface area contributed by atoms with Gasteiger partial charge in [-0.1, -0.05) is 60.7 Å². The van der Waals surface area contributed by atoms with Crippen molar-refractivity contribution < 1.29 is 4.42 Å². The van der Waals surface area contributed by atoms with Crippen LogP contribution in [0.15, 0.2) is 88.5 Å². The third-order valence-electron chi connectivity index (χ3n) is 5.28. The number of nitrogens with one attached hydrogen (secondary N) is 3. The predicted octanol–water partition coefficient (Wildman–Crippen LogP) is 3.99. The Bertz CT molecular complexity index is 1050. The molecule has 0 aliphatic heterocycles. The highest BCUT2D eigenvalue weighted by Gasteiger charge is 2.14. The Hall–Kier alpha value is -3.87. The van der Waals surface area contributed by atoms with Gasteiger partial charge in [-0.15, -0.1) is 0 Å². The van der Waals surface area contributed by atoms with Crippen LogP contribution in [-0.4, -0.2) is 41.3 Å². The zero-order valence-electron chi connectivity index (χ0n) is 18.2. The predicted molar refractivity (Wildman–Crippen MR) is 126 cm³/mol. The van der Waals surface area contributed by atoms with E-state index in [4.69, 9.17) is 4.42 Å². The summed E-state index contributed by atoms with van der Waals surface area (Å²) >= 11 is 0. The largest absolute Gasteiger partial charge is 0.461 e. The molecule has 0 bridgehead atoms. The molecule has 2 aromatic carbocycles. The van der Waals surface area contributed by atoms with E-state index in [2.05, 4.69) is 91.5 Å². The van der Waals surface area contributed by atoms with Crippen molar-refractivity contribution in [1.82, 2.24) is 25.8 Å². The third-order valence-corrected chi connectivity index (χ3v) is 5.28. The number of rotatable bonds is 9. The number of aromatic amines is 1. The van der Waals surface area contributed by atoms with Crippen LogP contribution < -0.4 is 10.6 Å². The molecule has 0 aliphatic rings. The van der Waals surface area contributed by atoms with E-state index in [9.17, 15) is 0 Å². The zero-order valence-corrected chi connectivity index (χ0v) is 18.2. The normalized spacial score (nSPS) is 11.6. The smallest absolute Gasteiger partial charge is 0.216 e. The lowest BCUT2D eigenvalue weighted by molar-refractivity contribution is 0.577. The van der Waals surface area contributed by atoms with Crippen LogP contribution in [0.5, 0.6) is 0 Å². The van der Waals surface area contributed by atoms with Gasteiger partial charge in [-0.25, -0.2) is 4.98 Å². The van der Waals surface area contributed by atoms with Crippen molar-refractivity contribution in [2.75, 3.05) is 20.1 Å². The first kappa shape index (κ1) is 21.4. The summed E-state index contributed by atoms with van der Waals surface area (Å²) in [5, 5.41) is 13.9. The van der Waals surface area contributed by atoms with Gasteiger partial charge in [0.15, 0.2) is 11.7 Å². The number of hydrogen-bond donors (Lipinski definition) is 3. The molecule has 0 radical (unpaired) electrons.